The van der Waals surface area contributed by atoms with Crippen molar-refractivity contribution in [1.82, 2.24) is 4.31 Å². The SMILES string of the molecule is Nc1ccc(S(=O)(=O)N2CCC[C@H]3CCCC[C@H]32)c(Cl)c1. The van der Waals surface area contributed by atoms with Crippen molar-refractivity contribution >= 4 is 27.3 Å². The third kappa shape index (κ3) is 2.79. The molecule has 1 saturated heterocycles. The van der Waals surface area contributed by atoms with Gasteiger partial charge in [0.1, 0.15) is 4.90 Å². The summed E-state index contributed by atoms with van der Waals surface area (Å²) in [6.45, 7) is 0.601. The summed E-state index contributed by atoms with van der Waals surface area (Å²) in [5, 5.41) is 0.216. The summed E-state index contributed by atoms with van der Waals surface area (Å²) < 4.78 is 27.6. The standard InChI is InChI=1S/C15H21ClN2O2S/c16-13-10-12(17)7-8-15(13)21(19,20)18-9-3-5-11-4-1-2-6-14(11)18/h7-8,10-11,14H,1-6,9,17H2/t11-,14-/m1/s1. The highest BCUT2D eigenvalue weighted by atomic mass is 35.5. The zero-order chi connectivity index (χ0) is 15.0. The van der Waals surface area contributed by atoms with Crippen LogP contribution in [0.25, 0.3) is 0 Å². The molecule has 0 aromatic heterocycles. The van der Waals surface area contributed by atoms with E-state index in [1.807, 2.05) is 0 Å². The molecule has 2 atom stereocenters. The number of hydrogen-bond acceptors (Lipinski definition) is 3. The molecule has 1 aromatic carbocycles. The van der Waals surface area contributed by atoms with Gasteiger partial charge in [0.25, 0.3) is 0 Å². The number of hydrogen-bond donors (Lipinski definition) is 1. The van der Waals surface area contributed by atoms with Crippen LogP contribution in [0.2, 0.25) is 5.02 Å². The number of sulfonamides is 1. The maximum absolute atomic E-state index is 13.0. The maximum Gasteiger partial charge on any atom is 0.244 e. The van der Waals surface area contributed by atoms with Crippen LogP contribution in [0.15, 0.2) is 23.1 Å². The van der Waals surface area contributed by atoms with Crippen LogP contribution in [0.3, 0.4) is 0 Å². The van der Waals surface area contributed by atoms with Gasteiger partial charge in [-0.05, 0) is 49.8 Å². The second kappa shape index (κ2) is 5.78. The molecule has 2 fully saturated rings. The van der Waals surface area contributed by atoms with Crippen LogP contribution in [0.4, 0.5) is 5.69 Å². The molecule has 0 spiro atoms. The molecule has 2 N–H and O–H groups in total. The van der Waals surface area contributed by atoms with Crippen LogP contribution in [-0.2, 0) is 10.0 Å². The molecule has 0 amide bonds. The van der Waals surface area contributed by atoms with Gasteiger partial charge in [0.15, 0.2) is 0 Å². The summed E-state index contributed by atoms with van der Waals surface area (Å²) in [4.78, 5) is 0.185. The van der Waals surface area contributed by atoms with E-state index in [4.69, 9.17) is 17.3 Å². The lowest BCUT2D eigenvalue weighted by molar-refractivity contribution is 0.129. The van der Waals surface area contributed by atoms with Crippen LogP contribution in [0.1, 0.15) is 38.5 Å². The average Bonchev–Trinajstić information content (AvgIpc) is 2.46. The van der Waals surface area contributed by atoms with Crippen molar-refractivity contribution in [1.29, 1.82) is 0 Å². The molecular weight excluding hydrogens is 308 g/mol. The van der Waals surface area contributed by atoms with Gasteiger partial charge in [0, 0.05) is 18.3 Å². The van der Waals surface area contributed by atoms with E-state index < -0.39 is 10.0 Å². The van der Waals surface area contributed by atoms with E-state index in [0.29, 0.717) is 18.2 Å². The Morgan fingerprint density at radius 3 is 2.62 bits per heavy atom. The summed E-state index contributed by atoms with van der Waals surface area (Å²) in [7, 11) is -3.53. The van der Waals surface area contributed by atoms with E-state index in [0.717, 1.165) is 32.1 Å². The third-order valence-corrected chi connectivity index (χ3v) is 7.14. The van der Waals surface area contributed by atoms with Gasteiger partial charge in [-0.15, -0.1) is 0 Å². The van der Waals surface area contributed by atoms with Crippen LogP contribution in [-0.4, -0.2) is 25.3 Å². The molecule has 0 bridgehead atoms. The molecule has 21 heavy (non-hydrogen) atoms. The monoisotopic (exact) mass is 328 g/mol. The van der Waals surface area contributed by atoms with Crippen molar-refractivity contribution in [3.63, 3.8) is 0 Å². The van der Waals surface area contributed by atoms with E-state index in [-0.39, 0.29) is 16.0 Å². The van der Waals surface area contributed by atoms with Crippen molar-refractivity contribution in [3.8, 4) is 0 Å². The fraction of sp³-hybridized carbons (Fsp3) is 0.600. The average molecular weight is 329 g/mol. The number of fused-ring (bicyclic) bond motifs is 1. The summed E-state index contributed by atoms with van der Waals surface area (Å²) in [6.07, 6.45) is 6.53. The molecule has 1 saturated carbocycles. The number of anilines is 1. The van der Waals surface area contributed by atoms with E-state index in [1.54, 1.807) is 10.4 Å². The lowest BCUT2D eigenvalue weighted by Crippen LogP contribution is -2.49. The number of halogens is 1. The zero-order valence-electron chi connectivity index (χ0n) is 12.0. The minimum atomic E-state index is -3.53. The first-order chi connectivity index (χ1) is 10.00. The van der Waals surface area contributed by atoms with E-state index in [2.05, 4.69) is 0 Å². The first-order valence-electron chi connectivity index (χ1n) is 7.57. The molecule has 4 nitrogen and oxygen atoms in total. The Balaban J connectivity index is 1.96. The fourth-order valence-electron chi connectivity index (χ4n) is 3.73. The number of benzene rings is 1. The molecule has 0 radical (unpaired) electrons. The topological polar surface area (TPSA) is 63.4 Å². The molecule has 116 valence electrons. The normalized spacial score (nSPS) is 27.3. The molecule has 1 aromatic rings. The van der Waals surface area contributed by atoms with Gasteiger partial charge in [0.05, 0.1) is 5.02 Å². The third-order valence-electron chi connectivity index (χ3n) is 4.73. The van der Waals surface area contributed by atoms with Crippen molar-refractivity contribution in [3.05, 3.63) is 23.2 Å². The van der Waals surface area contributed by atoms with Crippen molar-refractivity contribution in [2.75, 3.05) is 12.3 Å². The molecule has 6 heteroatoms. The molecule has 1 aliphatic heterocycles. The molecule has 1 aliphatic carbocycles. The van der Waals surface area contributed by atoms with Crippen molar-refractivity contribution in [2.45, 2.75) is 49.5 Å². The van der Waals surface area contributed by atoms with Gasteiger partial charge in [-0.3, -0.25) is 0 Å². The lowest BCUT2D eigenvalue weighted by atomic mass is 9.79. The lowest BCUT2D eigenvalue weighted by Gasteiger charge is -2.43. The molecular formula is C15H21ClN2O2S. The van der Waals surface area contributed by atoms with Gasteiger partial charge in [-0.25, -0.2) is 8.42 Å². The fourth-order valence-corrected chi connectivity index (χ4v) is 6.01. The predicted octanol–water partition coefficient (Wildman–Crippen LogP) is 3.27. The Morgan fingerprint density at radius 1 is 1.14 bits per heavy atom. The Morgan fingerprint density at radius 2 is 1.86 bits per heavy atom. The van der Waals surface area contributed by atoms with Gasteiger partial charge in [0.2, 0.25) is 10.0 Å². The largest absolute Gasteiger partial charge is 0.399 e. The van der Waals surface area contributed by atoms with Crippen molar-refractivity contribution in [2.24, 2.45) is 5.92 Å². The summed E-state index contributed by atoms with van der Waals surface area (Å²) >= 11 is 6.12. The molecule has 2 aliphatic rings. The summed E-state index contributed by atoms with van der Waals surface area (Å²) in [5.74, 6) is 0.509. The van der Waals surface area contributed by atoms with Crippen LogP contribution >= 0.6 is 11.6 Å². The highest BCUT2D eigenvalue weighted by Crippen LogP contribution is 2.39. The molecule has 3 rings (SSSR count). The highest BCUT2D eigenvalue weighted by Gasteiger charge is 2.40. The smallest absolute Gasteiger partial charge is 0.244 e. The predicted molar refractivity (Wildman–Crippen MR) is 84.7 cm³/mol. The molecule has 1 heterocycles. The van der Waals surface area contributed by atoms with Crippen LogP contribution in [0.5, 0.6) is 0 Å². The van der Waals surface area contributed by atoms with Gasteiger partial charge in [-0.1, -0.05) is 24.4 Å². The van der Waals surface area contributed by atoms with Crippen LogP contribution < -0.4 is 5.73 Å². The second-order valence-electron chi connectivity index (χ2n) is 6.06. The first kappa shape index (κ1) is 15.1. The Bertz CT molecular complexity index is 631. The van der Waals surface area contributed by atoms with Gasteiger partial charge in [-0.2, -0.15) is 4.31 Å². The maximum atomic E-state index is 13.0. The first-order valence-corrected chi connectivity index (χ1v) is 9.39. The number of nitrogen functional groups attached to an aromatic ring is 1. The Hall–Kier alpha value is -0.780. The Labute approximate surface area is 131 Å². The summed E-state index contributed by atoms with van der Waals surface area (Å²) in [5.41, 5.74) is 6.14. The van der Waals surface area contributed by atoms with E-state index >= 15 is 0 Å². The van der Waals surface area contributed by atoms with Gasteiger partial charge >= 0.3 is 0 Å². The Kier molecular flexibility index (Phi) is 4.17. The van der Waals surface area contributed by atoms with E-state index in [9.17, 15) is 8.42 Å². The minimum Gasteiger partial charge on any atom is -0.399 e. The zero-order valence-corrected chi connectivity index (χ0v) is 13.5. The highest BCUT2D eigenvalue weighted by molar-refractivity contribution is 7.89. The second-order valence-corrected chi connectivity index (χ2v) is 8.33. The number of nitrogens with two attached hydrogens (primary N) is 1. The van der Waals surface area contributed by atoms with Gasteiger partial charge < -0.3 is 5.73 Å². The number of nitrogens with zero attached hydrogens (tertiary/aromatic N) is 1. The van der Waals surface area contributed by atoms with Crippen LogP contribution in [0, 0.1) is 5.92 Å². The number of piperidine rings is 1. The summed E-state index contributed by atoms with van der Waals surface area (Å²) in [6, 6.07) is 4.78. The quantitative estimate of drug-likeness (QED) is 0.847. The minimum absolute atomic E-state index is 0.145. The van der Waals surface area contributed by atoms with E-state index in [1.165, 1.54) is 18.6 Å². The van der Waals surface area contributed by atoms with Crippen molar-refractivity contribution < 1.29 is 8.42 Å². The molecule has 0 unspecified atom stereocenters. The number of rotatable bonds is 2.